The number of anilines is 1. The van der Waals surface area contributed by atoms with Crippen LogP contribution in [0, 0.1) is 5.41 Å². The van der Waals surface area contributed by atoms with Gasteiger partial charge in [0.25, 0.3) is 5.91 Å². The Morgan fingerprint density at radius 1 is 0.975 bits per heavy atom. The standard InChI is InChI=1S/C34H37F3N2O/c1-23-7-6-18-33(2,3)31(23)17-20-39-19-16-25-21-28(15-12-26(25)22-39)38-32(40)30-9-5-4-8-29(30)24-10-13-27(14-11-24)34(35,36)37/h4-5,8-15,21H,6-7,16-20,22H2,1-3H3,(H,38,40). The molecule has 5 rings (SSSR count). The summed E-state index contributed by atoms with van der Waals surface area (Å²) in [6, 6.07) is 18.0. The van der Waals surface area contributed by atoms with E-state index in [1.54, 1.807) is 35.4 Å². The third-order valence-corrected chi connectivity index (χ3v) is 8.61. The topological polar surface area (TPSA) is 32.3 Å². The van der Waals surface area contributed by atoms with Gasteiger partial charge in [0.2, 0.25) is 0 Å². The maximum atomic E-state index is 13.3. The molecule has 0 fully saturated rings. The van der Waals surface area contributed by atoms with Crippen molar-refractivity contribution in [2.45, 2.75) is 65.6 Å². The predicted molar refractivity (Wildman–Crippen MR) is 155 cm³/mol. The molecule has 3 aromatic carbocycles. The van der Waals surface area contributed by atoms with Crippen LogP contribution in [-0.2, 0) is 19.1 Å². The summed E-state index contributed by atoms with van der Waals surface area (Å²) in [5.74, 6) is -0.286. The average Bonchev–Trinajstić information content (AvgIpc) is 2.92. The van der Waals surface area contributed by atoms with Crippen molar-refractivity contribution in [1.29, 1.82) is 0 Å². The molecule has 1 amide bonds. The van der Waals surface area contributed by atoms with Gasteiger partial charge in [0, 0.05) is 30.9 Å². The normalized spacial score (nSPS) is 17.4. The Kier molecular flexibility index (Phi) is 7.92. The van der Waals surface area contributed by atoms with Crippen LogP contribution in [0.4, 0.5) is 18.9 Å². The van der Waals surface area contributed by atoms with Crippen LogP contribution in [0.3, 0.4) is 0 Å². The van der Waals surface area contributed by atoms with Gasteiger partial charge in [-0.1, -0.05) is 61.4 Å². The second-order valence-electron chi connectivity index (χ2n) is 11.8. The molecule has 1 aliphatic heterocycles. The van der Waals surface area contributed by atoms with Crippen molar-refractivity contribution in [1.82, 2.24) is 4.90 Å². The second-order valence-corrected chi connectivity index (χ2v) is 11.8. The van der Waals surface area contributed by atoms with Crippen molar-refractivity contribution >= 4 is 11.6 Å². The molecule has 0 atom stereocenters. The molecule has 0 bridgehead atoms. The van der Waals surface area contributed by atoms with Crippen molar-refractivity contribution in [2.75, 3.05) is 18.4 Å². The molecule has 1 aliphatic carbocycles. The van der Waals surface area contributed by atoms with Gasteiger partial charge in [0.1, 0.15) is 0 Å². The van der Waals surface area contributed by atoms with Gasteiger partial charge in [0.15, 0.2) is 0 Å². The summed E-state index contributed by atoms with van der Waals surface area (Å²) in [5, 5.41) is 3.01. The van der Waals surface area contributed by atoms with Crippen molar-refractivity contribution in [3.63, 3.8) is 0 Å². The highest BCUT2D eigenvalue weighted by Gasteiger charge is 2.30. The van der Waals surface area contributed by atoms with Crippen LogP contribution in [0.2, 0.25) is 0 Å². The van der Waals surface area contributed by atoms with Crippen LogP contribution in [0.25, 0.3) is 11.1 Å². The number of carbonyl (C=O) groups is 1. The summed E-state index contributed by atoms with van der Waals surface area (Å²) in [4.78, 5) is 15.8. The number of alkyl halides is 3. The molecular weight excluding hydrogens is 509 g/mol. The molecule has 1 heterocycles. The van der Waals surface area contributed by atoms with E-state index in [-0.39, 0.29) is 5.91 Å². The zero-order chi connectivity index (χ0) is 28.5. The molecule has 1 N–H and O–H groups in total. The predicted octanol–water partition coefficient (Wildman–Crippen LogP) is 8.90. The monoisotopic (exact) mass is 546 g/mol. The van der Waals surface area contributed by atoms with Gasteiger partial charge in [0.05, 0.1) is 5.56 Å². The lowest BCUT2D eigenvalue weighted by Crippen LogP contribution is -2.33. The largest absolute Gasteiger partial charge is 0.416 e. The minimum atomic E-state index is -4.40. The molecular formula is C34H37F3N2O. The molecule has 40 heavy (non-hydrogen) atoms. The molecule has 0 aromatic heterocycles. The van der Waals surface area contributed by atoms with Crippen LogP contribution >= 0.6 is 0 Å². The van der Waals surface area contributed by atoms with Crippen LogP contribution < -0.4 is 5.32 Å². The molecule has 0 saturated carbocycles. The van der Waals surface area contributed by atoms with Gasteiger partial charge in [-0.25, -0.2) is 0 Å². The maximum absolute atomic E-state index is 13.3. The van der Waals surface area contributed by atoms with Crippen LogP contribution in [0.1, 0.15) is 73.5 Å². The highest BCUT2D eigenvalue weighted by Crippen LogP contribution is 2.42. The number of fused-ring (bicyclic) bond motifs is 1. The number of hydrogen-bond donors (Lipinski definition) is 1. The first-order valence-electron chi connectivity index (χ1n) is 14.1. The van der Waals surface area contributed by atoms with E-state index in [9.17, 15) is 18.0 Å². The lowest BCUT2D eigenvalue weighted by molar-refractivity contribution is -0.137. The Bertz CT molecular complexity index is 1420. The first-order valence-corrected chi connectivity index (χ1v) is 14.1. The van der Waals surface area contributed by atoms with Gasteiger partial charge in [-0.05, 0) is 97.0 Å². The van der Waals surface area contributed by atoms with Crippen LogP contribution in [-0.4, -0.2) is 23.9 Å². The van der Waals surface area contributed by atoms with Gasteiger partial charge in [-0.2, -0.15) is 13.2 Å². The third kappa shape index (κ3) is 6.17. The maximum Gasteiger partial charge on any atom is 0.416 e. The van der Waals surface area contributed by atoms with Crippen LogP contribution in [0.5, 0.6) is 0 Å². The molecule has 210 valence electrons. The number of benzene rings is 3. The highest BCUT2D eigenvalue weighted by molar-refractivity contribution is 6.08. The minimum absolute atomic E-state index is 0.286. The number of amides is 1. The van der Waals surface area contributed by atoms with E-state index in [0.29, 0.717) is 22.1 Å². The summed E-state index contributed by atoms with van der Waals surface area (Å²) >= 11 is 0. The average molecular weight is 547 g/mol. The SMILES string of the molecule is CC1=C(CCN2CCc3cc(NC(=O)c4ccccc4-c4ccc(C(F)(F)F)cc4)ccc3C2)C(C)(C)CCC1. The van der Waals surface area contributed by atoms with E-state index in [1.807, 2.05) is 6.07 Å². The van der Waals surface area contributed by atoms with E-state index in [0.717, 1.165) is 50.3 Å². The Balaban J connectivity index is 1.25. The number of rotatable bonds is 6. The second kappa shape index (κ2) is 11.2. The summed E-state index contributed by atoms with van der Waals surface area (Å²) in [6.45, 7) is 10.0. The number of hydrogen-bond acceptors (Lipinski definition) is 2. The minimum Gasteiger partial charge on any atom is -0.322 e. The molecule has 3 aromatic rings. The van der Waals surface area contributed by atoms with E-state index >= 15 is 0 Å². The quantitative estimate of drug-likeness (QED) is 0.313. The lowest BCUT2D eigenvalue weighted by Gasteiger charge is -2.36. The molecule has 2 aliphatic rings. The summed E-state index contributed by atoms with van der Waals surface area (Å²) < 4.78 is 39.0. The summed E-state index contributed by atoms with van der Waals surface area (Å²) in [5.41, 5.74) is 7.64. The fraction of sp³-hybridized carbons (Fsp3) is 0.382. The first kappa shape index (κ1) is 28.2. The Morgan fingerprint density at radius 3 is 2.45 bits per heavy atom. The fourth-order valence-electron chi connectivity index (χ4n) is 6.35. The number of halogens is 3. The van der Waals surface area contributed by atoms with Gasteiger partial charge in [-0.15, -0.1) is 0 Å². The van der Waals surface area contributed by atoms with Gasteiger partial charge in [-0.3, -0.25) is 9.69 Å². The molecule has 0 spiro atoms. The van der Waals surface area contributed by atoms with E-state index in [4.69, 9.17) is 0 Å². The molecule has 0 radical (unpaired) electrons. The number of carbonyl (C=O) groups excluding carboxylic acids is 1. The highest BCUT2D eigenvalue weighted by atomic mass is 19.4. The Hall–Kier alpha value is -3.38. The first-order chi connectivity index (χ1) is 19.0. The Labute approximate surface area is 235 Å². The van der Waals surface area contributed by atoms with Gasteiger partial charge >= 0.3 is 6.18 Å². The number of nitrogens with one attached hydrogen (secondary N) is 1. The van der Waals surface area contributed by atoms with E-state index < -0.39 is 11.7 Å². The zero-order valence-corrected chi connectivity index (χ0v) is 23.5. The fourth-order valence-corrected chi connectivity index (χ4v) is 6.35. The lowest BCUT2D eigenvalue weighted by atomic mass is 9.71. The summed E-state index contributed by atoms with van der Waals surface area (Å²) in [6.07, 6.45) is 1.45. The van der Waals surface area contributed by atoms with Crippen molar-refractivity contribution in [2.24, 2.45) is 5.41 Å². The zero-order valence-electron chi connectivity index (χ0n) is 23.5. The molecule has 0 saturated heterocycles. The van der Waals surface area contributed by atoms with Gasteiger partial charge < -0.3 is 5.32 Å². The molecule has 6 heteroatoms. The van der Waals surface area contributed by atoms with Crippen molar-refractivity contribution in [3.8, 4) is 11.1 Å². The van der Waals surface area contributed by atoms with Crippen LogP contribution in [0.15, 0.2) is 77.9 Å². The molecule has 3 nitrogen and oxygen atoms in total. The summed E-state index contributed by atoms with van der Waals surface area (Å²) in [7, 11) is 0. The van der Waals surface area contributed by atoms with E-state index in [1.165, 1.54) is 42.5 Å². The molecule has 0 unspecified atom stereocenters. The third-order valence-electron chi connectivity index (χ3n) is 8.61. The van der Waals surface area contributed by atoms with Crippen molar-refractivity contribution in [3.05, 3.63) is 100 Å². The van der Waals surface area contributed by atoms with E-state index in [2.05, 4.69) is 43.1 Å². The van der Waals surface area contributed by atoms with Crippen molar-refractivity contribution < 1.29 is 18.0 Å². The number of allylic oxidation sites excluding steroid dienone is 1. The number of nitrogens with zero attached hydrogens (tertiary/aromatic N) is 1. The Morgan fingerprint density at radius 2 is 1.73 bits per heavy atom. The smallest absolute Gasteiger partial charge is 0.322 e.